The van der Waals surface area contributed by atoms with Crippen LogP contribution in [0.25, 0.3) is 22.2 Å². The Balaban J connectivity index is 2.61. The van der Waals surface area contributed by atoms with Gasteiger partial charge in [-0.1, -0.05) is 38.0 Å². The summed E-state index contributed by atoms with van der Waals surface area (Å²) in [4.78, 5) is 27.1. The normalized spacial score (nSPS) is 16.1. The third-order valence-electron chi connectivity index (χ3n) is 6.02. The van der Waals surface area contributed by atoms with E-state index in [1.54, 1.807) is 31.2 Å². The number of terminal acetylenes is 1. The fourth-order valence-corrected chi connectivity index (χ4v) is 5.14. The highest BCUT2D eigenvalue weighted by molar-refractivity contribution is 7.42. The molecule has 6 nitrogen and oxygen atoms in total. The maximum atomic E-state index is 14.0. The molecule has 3 rings (SSSR count). The third-order valence-corrected chi connectivity index (χ3v) is 7.50. The van der Waals surface area contributed by atoms with Crippen molar-refractivity contribution in [3.63, 3.8) is 0 Å². The summed E-state index contributed by atoms with van der Waals surface area (Å²) < 4.78 is 26.5. The second-order valence-electron chi connectivity index (χ2n) is 8.46. The maximum Gasteiger partial charge on any atom is 0.335 e. The van der Waals surface area contributed by atoms with E-state index in [4.69, 9.17) is 6.42 Å². The molecule has 3 aromatic rings. The van der Waals surface area contributed by atoms with Gasteiger partial charge in [-0.2, -0.15) is 0 Å². The number of aliphatic carboxylic acids is 1. The lowest BCUT2D eigenvalue weighted by Crippen LogP contribution is -2.53. The number of aryl methyl sites for hydroxylation is 1. The van der Waals surface area contributed by atoms with Gasteiger partial charge in [-0.05, 0) is 55.2 Å². The lowest BCUT2D eigenvalue weighted by Gasteiger charge is -2.39. The first-order valence-electron chi connectivity index (χ1n) is 10.3. The largest absolute Gasteiger partial charge is 0.480 e. The average Bonchev–Trinajstić information content (AvgIpc) is 2.74. The number of aromatic nitrogens is 1. The van der Waals surface area contributed by atoms with Crippen molar-refractivity contribution in [2.75, 3.05) is 0 Å². The fraction of sp³-hybridized carbons (Fsp3) is 0.280. The number of pyridine rings is 1. The molecule has 1 aromatic heterocycles. The molecule has 3 atom stereocenters. The van der Waals surface area contributed by atoms with Gasteiger partial charge in [0.1, 0.15) is 11.4 Å². The lowest BCUT2D eigenvalue weighted by atomic mass is 9.75. The number of nitrogens with zero attached hydrogens (tertiary/aromatic N) is 1. The van der Waals surface area contributed by atoms with Crippen LogP contribution in [-0.2, 0) is 15.0 Å². The van der Waals surface area contributed by atoms with E-state index in [9.17, 15) is 28.9 Å². The summed E-state index contributed by atoms with van der Waals surface area (Å²) in [5, 5.41) is 19.6. The minimum atomic E-state index is -4.02. The van der Waals surface area contributed by atoms with E-state index >= 15 is 0 Å². The molecule has 172 valence electrons. The third kappa shape index (κ3) is 3.75. The highest BCUT2D eigenvalue weighted by Crippen LogP contribution is 2.53. The molecule has 2 aromatic carbocycles. The van der Waals surface area contributed by atoms with Gasteiger partial charge in [0.15, 0.2) is 0 Å². The summed E-state index contributed by atoms with van der Waals surface area (Å²) in [6.07, 6.45) is 5.51. The van der Waals surface area contributed by atoms with Gasteiger partial charge in [-0.3, -0.25) is 4.57 Å². The second-order valence-corrected chi connectivity index (χ2v) is 9.82. The van der Waals surface area contributed by atoms with Gasteiger partial charge in [0, 0.05) is 16.5 Å². The summed E-state index contributed by atoms with van der Waals surface area (Å²) in [6, 6.07) is 11.3. The Morgan fingerprint density at radius 1 is 1.24 bits per heavy atom. The predicted octanol–water partition coefficient (Wildman–Crippen LogP) is 4.60. The Morgan fingerprint density at radius 2 is 1.88 bits per heavy atom. The van der Waals surface area contributed by atoms with Crippen LogP contribution in [0.1, 0.15) is 43.4 Å². The number of rotatable bonds is 6. The number of para-hydroxylation sites is 1. The Labute approximate surface area is 192 Å². The molecule has 0 bridgehead atoms. The van der Waals surface area contributed by atoms with E-state index < -0.39 is 30.6 Å². The Hall–Kier alpha value is -3.04. The summed E-state index contributed by atoms with van der Waals surface area (Å²) >= 11 is 0. The summed E-state index contributed by atoms with van der Waals surface area (Å²) in [6.45, 7) is 6.39. The zero-order valence-electron chi connectivity index (χ0n) is 18.7. The molecule has 0 radical (unpaired) electrons. The molecule has 0 aliphatic rings. The first-order valence-corrected chi connectivity index (χ1v) is 11.6. The van der Waals surface area contributed by atoms with Crippen molar-refractivity contribution in [2.24, 2.45) is 0 Å². The number of carboxylic acid groups (broad SMARTS) is 1. The van der Waals surface area contributed by atoms with Gasteiger partial charge in [0.25, 0.3) is 0 Å². The fourth-order valence-electron chi connectivity index (χ4n) is 4.29. The maximum absolute atomic E-state index is 14.0. The molecule has 0 amide bonds. The van der Waals surface area contributed by atoms with Crippen LogP contribution in [-0.4, -0.2) is 31.2 Å². The van der Waals surface area contributed by atoms with Gasteiger partial charge < -0.3 is 15.1 Å². The van der Waals surface area contributed by atoms with Gasteiger partial charge in [0.2, 0.25) is 13.2 Å². The Morgan fingerprint density at radius 3 is 2.39 bits per heavy atom. The van der Waals surface area contributed by atoms with Gasteiger partial charge in [0.05, 0.1) is 11.2 Å². The molecule has 33 heavy (non-hydrogen) atoms. The molecule has 0 spiro atoms. The molecule has 3 N–H and O–H groups in total. The Kier molecular flexibility index (Phi) is 6.50. The minimum absolute atomic E-state index is 0.0231. The molecule has 0 aliphatic heterocycles. The van der Waals surface area contributed by atoms with E-state index in [0.29, 0.717) is 27.6 Å². The zero-order valence-corrected chi connectivity index (χ0v) is 19.7. The molecular formula is C25H25FNO5P. The first-order chi connectivity index (χ1) is 15.4. The van der Waals surface area contributed by atoms with Crippen molar-refractivity contribution in [1.82, 2.24) is 4.98 Å². The predicted molar refractivity (Wildman–Crippen MR) is 126 cm³/mol. The Bertz CT molecular complexity index is 1310. The van der Waals surface area contributed by atoms with Crippen LogP contribution in [0.15, 0.2) is 42.5 Å². The van der Waals surface area contributed by atoms with Gasteiger partial charge in [-0.15, -0.1) is 6.42 Å². The minimum Gasteiger partial charge on any atom is -0.480 e. The van der Waals surface area contributed by atoms with E-state index in [1.165, 1.54) is 18.2 Å². The van der Waals surface area contributed by atoms with Crippen LogP contribution in [0.5, 0.6) is 0 Å². The monoisotopic (exact) mass is 469 g/mol. The first kappa shape index (κ1) is 24.6. The SMILES string of the molecule is C#CC(C(=O)O)([PH](=O)O)C(C)(O)c1c(-c2ccc(F)c(C)c2)nc2ccccc2c1C(C)C. The van der Waals surface area contributed by atoms with Crippen molar-refractivity contribution >= 4 is 24.9 Å². The van der Waals surface area contributed by atoms with E-state index in [1.807, 2.05) is 19.8 Å². The number of benzene rings is 2. The molecule has 8 heteroatoms. The van der Waals surface area contributed by atoms with Crippen LogP contribution in [0.2, 0.25) is 0 Å². The molecule has 0 aliphatic carbocycles. The van der Waals surface area contributed by atoms with Crippen LogP contribution in [0.3, 0.4) is 0 Å². The van der Waals surface area contributed by atoms with Crippen LogP contribution in [0.4, 0.5) is 4.39 Å². The molecule has 0 saturated carbocycles. The average molecular weight is 469 g/mol. The number of carboxylic acids is 1. The summed E-state index contributed by atoms with van der Waals surface area (Å²) in [5.74, 6) is -0.591. The number of carbonyl (C=O) groups is 1. The standard InChI is InChI=1S/C25H25FNO5P/c1-6-25(23(28)29,33(31)32)24(5,30)21-20(14(2)3)17-9-7-8-10-19(17)27-22(21)16-11-12-18(26)15(4)13-16/h1,7-14,30,33H,2-5H3,(H,28,29)(H,31,32). The molecular weight excluding hydrogens is 444 g/mol. The number of aliphatic hydroxyl groups is 1. The quantitative estimate of drug-likeness (QED) is 0.360. The van der Waals surface area contributed by atoms with Gasteiger partial charge >= 0.3 is 5.97 Å². The molecule has 3 unspecified atom stereocenters. The van der Waals surface area contributed by atoms with Crippen LogP contribution in [0, 0.1) is 25.1 Å². The van der Waals surface area contributed by atoms with E-state index in [2.05, 4.69) is 4.98 Å². The van der Waals surface area contributed by atoms with Crippen LogP contribution < -0.4 is 0 Å². The topological polar surface area (TPSA) is 108 Å². The zero-order chi connectivity index (χ0) is 24.7. The number of halogens is 1. The van der Waals surface area contributed by atoms with Crippen LogP contribution >= 0.6 is 8.03 Å². The van der Waals surface area contributed by atoms with E-state index in [-0.39, 0.29) is 17.2 Å². The molecule has 0 saturated heterocycles. The number of hydrogen-bond donors (Lipinski definition) is 3. The van der Waals surface area contributed by atoms with Crippen molar-refractivity contribution in [1.29, 1.82) is 0 Å². The summed E-state index contributed by atoms with van der Waals surface area (Å²) in [5.41, 5.74) is -0.499. The number of hydrogen-bond acceptors (Lipinski definition) is 4. The van der Waals surface area contributed by atoms with Crippen molar-refractivity contribution < 1.29 is 28.9 Å². The summed E-state index contributed by atoms with van der Waals surface area (Å²) in [7, 11) is -4.02. The lowest BCUT2D eigenvalue weighted by molar-refractivity contribution is -0.145. The molecule has 1 heterocycles. The second kappa shape index (κ2) is 8.72. The smallest absolute Gasteiger partial charge is 0.335 e. The highest BCUT2D eigenvalue weighted by atomic mass is 31.1. The van der Waals surface area contributed by atoms with Gasteiger partial charge in [-0.25, -0.2) is 14.2 Å². The van der Waals surface area contributed by atoms with Crippen molar-refractivity contribution in [3.8, 4) is 23.6 Å². The number of fused-ring (bicyclic) bond motifs is 1. The molecule has 0 fully saturated rings. The van der Waals surface area contributed by atoms with Crippen molar-refractivity contribution in [2.45, 2.75) is 44.4 Å². The highest BCUT2D eigenvalue weighted by Gasteiger charge is 2.60. The van der Waals surface area contributed by atoms with E-state index in [0.717, 1.165) is 6.92 Å². The van der Waals surface area contributed by atoms with Crippen molar-refractivity contribution in [3.05, 3.63) is 65.0 Å².